The van der Waals surface area contributed by atoms with Crippen molar-refractivity contribution in [1.82, 2.24) is 10.2 Å². The minimum absolute atomic E-state index is 0.0798. The van der Waals surface area contributed by atoms with E-state index < -0.39 is 0 Å². The van der Waals surface area contributed by atoms with Crippen molar-refractivity contribution in [2.75, 3.05) is 19.6 Å². The van der Waals surface area contributed by atoms with E-state index in [0.717, 1.165) is 31.6 Å². The Morgan fingerprint density at radius 1 is 1.53 bits per heavy atom. The first-order valence-corrected chi connectivity index (χ1v) is 7.29. The van der Waals surface area contributed by atoms with Gasteiger partial charge in [0.15, 0.2) is 0 Å². The van der Waals surface area contributed by atoms with E-state index in [-0.39, 0.29) is 5.91 Å². The van der Waals surface area contributed by atoms with Gasteiger partial charge in [0.25, 0.3) is 5.91 Å². The molecule has 19 heavy (non-hydrogen) atoms. The molecule has 104 valence electrons. The second-order valence-electron chi connectivity index (χ2n) is 5.05. The van der Waals surface area contributed by atoms with E-state index in [4.69, 9.17) is 11.6 Å². The molecule has 1 aromatic rings. The minimum Gasteiger partial charge on any atom is -0.337 e. The molecule has 1 heterocycles. The Morgan fingerprint density at radius 3 is 2.95 bits per heavy atom. The summed E-state index contributed by atoms with van der Waals surface area (Å²) in [7, 11) is 0. The van der Waals surface area contributed by atoms with Crippen molar-refractivity contribution >= 4 is 17.5 Å². The van der Waals surface area contributed by atoms with Gasteiger partial charge >= 0.3 is 0 Å². The maximum absolute atomic E-state index is 12.6. The summed E-state index contributed by atoms with van der Waals surface area (Å²) in [5.41, 5.74) is 1.58. The fraction of sp³-hybridized carbons (Fsp3) is 0.533. The van der Waals surface area contributed by atoms with Crippen molar-refractivity contribution in [3.05, 3.63) is 34.3 Å². The molecular formula is C15H21ClN2O. The molecule has 0 bridgehead atoms. The molecule has 0 aliphatic carbocycles. The number of hydrogen-bond donors (Lipinski definition) is 1. The standard InChI is InChI=1S/C15H21ClN2O/c1-3-18(10-12-6-5-9-17-12)15(19)13-7-4-8-14(16)11(13)2/h4,7-8,12,17H,3,5-6,9-10H2,1-2H3. The Bertz CT molecular complexity index is 455. The summed E-state index contributed by atoms with van der Waals surface area (Å²) >= 11 is 6.09. The molecule has 1 fully saturated rings. The number of benzene rings is 1. The minimum atomic E-state index is 0.0798. The van der Waals surface area contributed by atoms with Crippen molar-refractivity contribution in [3.8, 4) is 0 Å². The van der Waals surface area contributed by atoms with E-state index >= 15 is 0 Å². The SMILES string of the molecule is CCN(CC1CCCN1)C(=O)c1cccc(Cl)c1C. The summed E-state index contributed by atoms with van der Waals surface area (Å²) in [6, 6.07) is 5.95. The average Bonchev–Trinajstić information content (AvgIpc) is 2.91. The molecule has 1 amide bonds. The molecule has 1 saturated heterocycles. The molecule has 1 aliphatic heterocycles. The van der Waals surface area contributed by atoms with Gasteiger partial charge in [-0.25, -0.2) is 0 Å². The summed E-state index contributed by atoms with van der Waals surface area (Å²) in [6.07, 6.45) is 2.35. The largest absolute Gasteiger partial charge is 0.337 e. The Labute approximate surface area is 119 Å². The van der Waals surface area contributed by atoms with E-state index in [1.807, 2.05) is 36.9 Å². The predicted molar refractivity (Wildman–Crippen MR) is 78.8 cm³/mol. The van der Waals surface area contributed by atoms with Crippen molar-refractivity contribution < 1.29 is 4.79 Å². The smallest absolute Gasteiger partial charge is 0.254 e. The molecule has 4 heteroatoms. The molecule has 1 unspecified atom stereocenters. The van der Waals surface area contributed by atoms with Crippen LogP contribution < -0.4 is 5.32 Å². The van der Waals surface area contributed by atoms with E-state index in [9.17, 15) is 4.79 Å². The zero-order valence-electron chi connectivity index (χ0n) is 11.6. The molecule has 0 aromatic heterocycles. The number of halogens is 1. The van der Waals surface area contributed by atoms with Crippen LogP contribution in [0.5, 0.6) is 0 Å². The number of nitrogens with zero attached hydrogens (tertiary/aromatic N) is 1. The first kappa shape index (κ1) is 14.4. The van der Waals surface area contributed by atoms with Crippen LogP contribution in [-0.4, -0.2) is 36.5 Å². The van der Waals surface area contributed by atoms with Gasteiger partial charge in [0, 0.05) is 29.7 Å². The van der Waals surface area contributed by atoms with Gasteiger partial charge in [0.1, 0.15) is 0 Å². The van der Waals surface area contributed by atoms with Crippen LogP contribution in [0, 0.1) is 6.92 Å². The van der Waals surface area contributed by atoms with Crippen LogP contribution in [0.15, 0.2) is 18.2 Å². The third-order valence-electron chi connectivity index (χ3n) is 3.77. The van der Waals surface area contributed by atoms with Gasteiger partial charge in [-0.3, -0.25) is 4.79 Å². The fourth-order valence-corrected chi connectivity index (χ4v) is 2.72. The Kier molecular flexibility index (Phi) is 4.83. The highest BCUT2D eigenvalue weighted by Crippen LogP contribution is 2.20. The Balaban J connectivity index is 2.13. The second-order valence-corrected chi connectivity index (χ2v) is 5.46. The zero-order chi connectivity index (χ0) is 13.8. The van der Waals surface area contributed by atoms with Gasteiger partial charge in [0.2, 0.25) is 0 Å². The molecule has 1 atom stereocenters. The summed E-state index contributed by atoms with van der Waals surface area (Å²) < 4.78 is 0. The Morgan fingerprint density at radius 2 is 2.32 bits per heavy atom. The van der Waals surface area contributed by atoms with Gasteiger partial charge in [-0.05, 0) is 50.9 Å². The van der Waals surface area contributed by atoms with Crippen LogP contribution in [0.4, 0.5) is 0 Å². The van der Waals surface area contributed by atoms with Gasteiger partial charge in [-0.2, -0.15) is 0 Å². The fourth-order valence-electron chi connectivity index (χ4n) is 2.54. The predicted octanol–water partition coefficient (Wildman–Crippen LogP) is 2.86. The lowest BCUT2D eigenvalue weighted by Crippen LogP contribution is -2.41. The molecule has 0 saturated carbocycles. The van der Waals surface area contributed by atoms with Gasteiger partial charge < -0.3 is 10.2 Å². The van der Waals surface area contributed by atoms with Crippen molar-refractivity contribution in [2.45, 2.75) is 32.7 Å². The monoisotopic (exact) mass is 280 g/mol. The maximum atomic E-state index is 12.6. The highest BCUT2D eigenvalue weighted by atomic mass is 35.5. The summed E-state index contributed by atoms with van der Waals surface area (Å²) in [5.74, 6) is 0.0798. The molecule has 1 N–H and O–H groups in total. The van der Waals surface area contributed by atoms with E-state index in [1.54, 1.807) is 0 Å². The van der Waals surface area contributed by atoms with Crippen molar-refractivity contribution in [2.24, 2.45) is 0 Å². The molecule has 1 aromatic carbocycles. The molecular weight excluding hydrogens is 260 g/mol. The third-order valence-corrected chi connectivity index (χ3v) is 4.18. The molecule has 3 nitrogen and oxygen atoms in total. The van der Waals surface area contributed by atoms with E-state index in [0.29, 0.717) is 16.6 Å². The number of carbonyl (C=O) groups excluding carboxylic acids is 1. The quantitative estimate of drug-likeness (QED) is 0.920. The molecule has 2 rings (SSSR count). The van der Waals surface area contributed by atoms with Crippen LogP contribution >= 0.6 is 11.6 Å². The normalized spacial score (nSPS) is 18.6. The first-order chi connectivity index (χ1) is 9.13. The summed E-state index contributed by atoms with van der Waals surface area (Å²) in [5, 5.41) is 4.09. The number of likely N-dealkylation sites (N-methyl/N-ethyl adjacent to an activating group) is 1. The Hall–Kier alpha value is -1.06. The van der Waals surface area contributed by atoms with Crippen LogP contribution in [0.2, 0.25) is 5.02 Å². The average molecular weight is 281 g/mol. The van der Waals surface area contributed by atoms with Gasteiger partial charge in [-0.1, -0.05) is 17.7 Å². The van der Waals surface area contributed by atoms with Gasteiger partial charge in [-0.15, -0.1) is 0 Å². The molecule has 1 aliphatic rings. The summed E-state index contributed by atoms with van der Waals surface area (Å²) in [4.78, 5) is 14.5. The zero-order valence-corrected chi connectivity index (χ0v) is 12.3. The number of carbonyl (C=O) groups is 1. The molecule has 0 radical (unpaired) electrons. The van der Waals surface area contributed by atoms with E-state index in [1.165, 1.54) is 6.42 Å². The molecule has 0 spiro atoms. The topological polar surface area (TPSA) is 32.3 Å². The second kappa shape index (κ2) is 6.40. The first-order valence-electron chi connectivity index (χ1n) is 6.91. The van der Waals surface area contributed by atoms with E-state index in [2.05, 4.69) is 5.32 Å². The van der Waals surface area contributed by atoms with Gasteiger partial charge in [0.05, 0.1) is 0 Å². The number of hydrogen-bond acceptors (Lipinski definition) is 2. The number of amides is 1. The highest BCUT2D eigenvalue weighted by molar-refractivity contribution is 6.31. The summed E-state index contributed by atoms with van der Waals surface area (Å²) in [6.45, 7) is 6.49. The maximum Gasteiger partial charge on any atom is 0.254 e. The lowest BCUT2D eigenvalue weighted by Gasteiger charge is -2.25. The highest BCUT2D eigenvalue weighted by Gasteiger charge is 2.22. The van der Waals surface area contributed by atoms with Crippen molar-refractivity contribution in [3.63, 3.8) is 0 Å². The lowest BCUT2D eigenvalue weighted by molar-refractivity contribution is 0.0750. The van der Waals surface area contributed by atoms with Crippen LogP contribution in [-0.2, 0) is 0 Å². The van der Waals surface area contributed by atoms with Crippen molar-refractivity contribution in [1.29, 1.82) is 0 Å². The van der Waals surface area contributed by atoms with Crippen LogP contribution in [0.1, 0.15) is 35.7 Å². The number of rotatable bonds is 4. The third kappa shape index (κ3) is 3.28. The lowest BCUT2D eigenvalue weighted by atomic mass is 10.1. The van der Waals surface area contributed by atoms with Crippen LogP contribution in [0.3, 0.4) is 0 Å². The van der Waals surface area contributed by atoms with Crippen LogP contribution in [0.25, 0.3) is 0 Å². The number of nitrogens with one attached hydrogen (secondary N) is 1.